The molecule has 1 saturated heterocycles. The Hall–Kier alpha value is -0.810. The predicted molar refractivity (Wildman–Crippen MR) is 80.9 cm³/mol. The van der Waals surface area contributed by atoms with E-state index in [0.717, 1.165) is 51.6 Å². The molecule has 0 aromatic carbocycles. The zero-order valence-corrected chi connectivity index (χ0v) is 13.0. The second-order valence-electron chi connectivity index (χ2n) is 5.74. The van der Waals surface area contributed by atoms with Crippen LogP contribution >= 0.6 is 12.4 Å². The molecule has 1 saturated carbocycles. The summed E-state index contributed by atoms with van der Waals surface area (Å²) in [7, 11) is 0. The fourth-order valence-electron chi connectivity index (χ4n) is 2.78. The van der Waals surface area contributed by atoms with Crippen LogP contribution < -0.4 is 16.0 Å². The molecule has 0 atom stereocenters. The third-order valence-electron chi connectivity index (χ3n) is 4.19. The highest BCUT2D eigenvalue weighted by atomic mass is 35.5. The molecule has 1 aliphatic carbocycles. The molecular weight excluding hydrogens is 278 g/mol. The van der Waals surface area contributed by atoms with Gasteiger partial charge in [0.2, 0.25) is 11.8 Å². The molecule has 0 spiro atoms. The highest BCUT2D eigenvalue weighted by molar-refractivity contribution is 5.92. The van der Waals surface area contributed by atoms with E-state index in [-0.39, 0.29) is 30.1 Å². The van der Waals surface area contributed by atoms with E-state index in [1.165, 1.54) is 0 Å². The minimum absolute atomic E-state index is 0. The van der Waals surface area contributed by atoms with Crippen molar-refractivity contribution in [2.24, 2.45) is 5.92 Å². The van der Waals surface area contributed by atoms with E-state index >= 15 is 0 Å². The van der Waals surface area contributed by atoms with Crippen LogP contribution in [0.5, 0.6) is 0 Å². The normalized spacial score (nSPS) is 21.2. The van der Waals surface area contributed by atoms with E-state index in [2.05, 4.69) is 16.0 Å². The number of rotatable bonds is 5. The highest BCUT2D eigenvalue weighted by Gasteiger charge is 2.42. The standard InChI is InChI=1S/C14H25N3O2.ClH/c1-2-8-16-13(19)14(6-4-3-5-7-14)17-12(18)11-9-15-10-11;/h11,15H,2-10H2,1H3,(H,16,19)(H,17,18);1H. The quantitative estimate of drug-likeness (QED) is 0.709. The van der Waals surface area contributed by atoms with Gasteiger partial charge in [0.15, 0.2) is 0 Å². The molecule has 20 heavy (non-hydrogen) atoms. The average Bonchev–Trinajstić information content (AvgIpc) is 2.34. The Morgan fingerprint density at radius 2 is 1.85 bits per heavy atom. The molecule has 3 N–H and O–H groups in total. The van der Waals surface area contributed by atoms with Gasteiger partial charge in [-0.3, -0.25) is 9.59 Å². The van der Waals surface area contributed by atoms with Crippen molar-refractivity contribution in [3.05, 3.63) is 0 Å². The van der Waals surface area contributed by atoms with Gasteiger partial charge in [-0.05, 0) is 19.3 Å². The first-order valence-electron chi connectivity index (χ1n) is 7.49. The van der Waals surface area contributed by atoms with E-state index in [1.54, 1.807) is 0 Å². The van der Waals surface area contributed by atoms with Gasteiger partial charge in [0, 0.05) is 19.6 Å². The first-order chi connectivity index (χ1) is 9.18. The van der Waals surface area contributed by atoms with Crippen molar-refractivity contribution in [1.29, 1.82) is 0 Å². The number of amides is 2. The lowest BCUT2D eigenvalue weighted by atomic mass is 9.80. The van der Waals surface area contributed by atoms with Crippen molar-refractivity contribution in [2.45, 2.75) is 51.0 Å². The van der Waals surface area contributed by atoms with Gasteiger partial charge in [0.25, 0.3) is 0 Å². The molecule has 116 valence electrons. The smallest absolute Gasteiger partial charge is 0.245 e. The van der Waals surface area contributed by atoms with Gasteiger partial charge in [-0.1, -0.05) is 26.2 Å². The average molecular weight is 304 g/mol. The van der Waals surface area contributed by atoms with Gasteiger partial charge in [-0.15, -0.1) is 12.4 Å². The van der Waals surface area contributed by atoms with E-state index in [4.69, 9.17) is 0 Å². The van der Waals surface area contributed by atoms with Gasteiger partial charge in [-0.25, -0.2) is 0 Å². The molecule has 0 radical (unpaired) electrons. The summed E-state index contributed by atoms with van der Waals surface area (Å²) in [6.45, 7) is 4.19. The molecule has 2 rings (SSSR count). The summed E-state index contributed by atoms with van der Waals surface area (Å²) in [6.07, 6.45) is 5.65. The first-order valence-corrected chi connectivity index (χ1v) is 7.49. The second-order valence-corrected chi connectivity index (χ2v) is 5.74. The lowest BCUT2D eigenvalue weighted by Gasteiger charge is -2.39. The van der Waals surface area contributed by atoms with Gasteiger partial charge in [0.1, 0.15) is 5.54 Å². The minimum atomic E-state index is -0.653. The molecule has 0 unspecified atom stereocenters. The molecule has 2 fully saturated rings. The van der Waals surface area contributed by atoms with Crippen molar-refractivity contribution in [1.82, 2.24) is 16.0 Å². The highest BCUT2D eigenvalue weighted by Crippen LogP contribution is 2.29. The van der Waals surface area contributed by atoms with E-state index in [1.807, 2.05) is 6.92 Å². The van der Waals surface area contributed by atoms with Crippen LogP contribution in [0.2, 0.25) is 0 Å². The molecular formula is C14H26ClN3O2. The van der Waals surface area contributed by atoms with Crippen molar-refractivity contribution in [3.8, 4) is 0 Å². The Morgan fingerprint density at radius 1 is 1.20 bits per heavy atom. The fourth-order valence-corrected chi connectivity index (χ4v) is 2.78. The topological polar surface area (TPSA) is 70.2 Å². The zero-order valence-electron chi connectivity index (χ0n) is 12.2. The molecule has 5 nitrogen and oxygen atoms in total. The van der Waals surface area contributed by atoms with Crippen LogP contribution in [0.3, 0.4) is 0 Å². The van der Waals surface area contributed by atoms with Crippen LogP contribution in [0.1, 0.15) is 45.4 Å². The molecule has 0 bridgehead atoms. The fraction of sp³-hybridized carbons (Fsp3) is 0.857. The first kappa shape index (κ1) is 17.2. The minimum Gasteiger partial charge on any atom is -0.354 e. The maximum atomic E-state index is 12.4. The number of nitrogens with one attached hydrogen (secondary N) is 3. The molecule has 2 aliphatic rings. The van der Waals surface area contributed by atoms with Gasteiger partial charge < -0.3 is 16.0 Å². The van der Waals surface area contributed by atoms with Crippen molar-refractivity contribution >= 4 is 24.2 Å². The van der Waals surface area contributed by atoms with Crippen LogP contribution in [0.25, 0.3) is 0 Å². The lowest BCUT2D eigenvalue weighted by Crippen LogP contribution is -2.63. The van der Waals surface area contributed by atoms with Crippen molar-refractivity contribution in [2.75, 3.05) is 19.6 Å². The summed E-state index contributed by atoms with van der Waals surface area (Å²) < 4.78 is 0. The van der Waals surface area contributed by atoms with E-state index < -0.39 is 5.54 Å². The summed E-state index contributed by atoms with van der Waals surface area (Å²) in [5, 5.41) is 9.10. The summed E-state index contributed by atoms with van der Waals surface area (Å²) in [5.74, 6) is 0.0831. The Kier molecular flexibility index (Phi) is 6.76. The molecule has 2 amide bonds. The monoisotopic (exact) mass is 303 g/mol. The largest absolute Gasteiger partial charge is 0.354 e. The third-order valence-corrected chi connectivity index (χ3v) is 4.19. The second kappa shape index (κ2) is 7.84. The number of carbonyl (C=O) groups is 2. The molecule has 0 aromatic rings. The summed E-state index contributed by atoms with van der Waals surface area (Å²) >= 11 is 0. The van der Waals surface area contributed by atoms with Crippen LogP contribution in [-0.2, 0) is 9.59 Å². The maximum Gasteiger partial charge on any atom is 0.245 e. The summed E-state index contributed by atoms with van der Waals surface area (Å²) in [5.41, 5.74) is -0.653. The van der Waals surface area contributed by atoms with Gasteiger partial charge in [0.05, 0.1) is 5.92 Å². The number of hydrogen-bond acceptors (Lipinski definition) is 3. The van der Waals surface area contributed by atoms with Crippen LogP contribution in [0.4, 0.5) is 0 Å². The Bertz CT molecular complexity index is 339. The van der Waals surface area contributed by atoms with Crippen LogP contribution in [0, 0.1) is 5.92 Å². The van der Waals surface area contributed by atoms with Crippen LogP contribution in [0.15, 0.2) is 0 Å². The Morgan fingerprint density at radius 3 is 2.35 bits per heavy atom. The van der Waals surface area contributed by atoms with Crippen molar-refractivity contribution < 1.29 is 9.59 Å². The SMILES string of the molecule is CCCNC(=O)C1(NC(=O)C2CNC2)CCCCC1.Cl. The Labute approximate surface area is 127 Å². The molecule has 6 heteroatoms. The number of hydrogen-bond donors (Lipinski definition) is 3. The van der Waals surface area contributed by atoms with Gasteiger partial charge >= 0.3 is 0 Å². The van der Waals surface area contributed by atoms with Crippen molar-refractivity contribution in [3.63, 3.8) is 0 Å². The number of carbonyl (C=O) groups excluding carboxylic acids is 2. The zero-order chi connectivity index (χ0) is 13.7. The summed E-state index contributed by atoms with van der Waals surface area (Å²) in [4.78, 5) is 24.5. The number of halogens is 1. The predicted octanol–water partition coefficient (Wildman–Crippen LogP) is 0.973. The van der Waals surface area contributed by atoms with Crippen LogP contribution in [-0.4, -0.2) is 37.0 Å². The van der Waals surface area contributed by atoms with E-state index in [9.17, 15) is 9.59 Å². The third kappa shape index (κ3) is 3.85. The molecule has 1 heterocycles. The van der Waals surface area contributed by atoms with Gasteiger partial charge in [-0.2, -0.15) is 0 Å². The summed E-state index contributed by atoms with van der Waals surface area (Å²) in [6, 6.07) is 0. The van der Waals surface area contributed by atoms with E-state index in [0.29, 0.717) is 6.54 Å². The maximum absolute atomic E-state index is 12.4. The molecule has 1 aliphatic heterocycles. The molecule has 0 aromatic heterocycles. The lowest BCUT2D eigenvalue weighted by molar-refractivity contribution is -0.137. The Balaban J connectivity index is 0.00000200.